The fourth-order valence-electron chi connectivity index (χ4n) is 8.53. The van der Waals surface area contributed by atoms with Gasteiger partial charge in [-0.1, -0.05) is 146 Å². The fraction of sp³-hybridized carbons (Fsp3) is 0.150. The summed E-state index contributed by atoms with van der Waals surface area (Å²) in [4.78, 5) is 32.2. The molecule has 0 aliphatic carbocycles. The van der Waals surface area contributed by atoms with E-state index in [4.69, 9.17) is 19.2 Å². The molecule has 0 spiro atoms. The standard InChI is InChI=1S/3C20H21N2.H3O4P/c3*1-21(2)18-14-15-22(3)20(17-12-8-5-9-13-17)19(18)16-10-6-4-7-11-16;1-5(2,3)4/h3*4-15H,1-3H3;(H3,1,2,3,4)/q3*+1;/p-3. The van der Waals surface area contributed by atoms with Crippen molar-refractivity contribution in [2.24, 2.45) is 21.1 Å². The second-order valence-electron chi connectivity index (χ2n) is 17.4. The average Bonchev–Trinajstić information content (AvgIpc) is 3.37. The number of nitrogens with zero attached hydrogens (tertiary/aromatic N) is 6. The lowest BCUT2D eigenvalue weighted by Crippen LogP contribution is -2.32. The largest absolute Gasteiger partial charge is 0.822 e. The van der Waals surface area contributed by atoms with Crippen molar-refractivity contribution in [1.29, 1.82) is 0 Å². The summed E-state index contributed by atoms with van der Waals surface area (Å²) in [6.07, 6.45) is 6.39. The van der Waals surface area contributed by atoms with Gasteiger partial charge in [0.1, 0.15) is 21.1 Å². The normalized spacial score (nSPS) is 10.6. The van der Waals surface area contributed by atoms with E-state index in [0.717, 1.165) is 0 Å². The SMILES string of the molecule is CN(C)c1cc[n+](C)c(-c2ccccc2)c1-c1ccccc1.CN(C)c1cc[n+](C)c(-c2ccccc2)c1-c1ccccc1.CN(C)c1cc[n+](C)c(-c2ccccc2)c1-c1ccccc1.O=P([O-])([O-])[O-]. The first kappa shape index (κ1) is 52.6. The zero-order chi connectivity index (χ0) is 51.1. The number of benzene rings is 6. The van der Waals surface area contributed by atoms with E-state index in [1.807, 2.05) is 0 Å². The van der Waals surface area contributed by atoms with E-state index in [1.165, 1.54) is 84.2 Å². The molecule has 10 nitrogen and oxygen atoms in total. The van der Waals surface area contributed by atoms with Crippen LogP contribution in [0.25, 0.3) is 67.2 Å². The number of aryl methyl sites for hydroxylation is 3. The Morgan fingerprint density at radius 1 is 0.310 bits per heavy atom. The van der Waals surface area contributed by atoms with Gasteiger partial charge in [-0.25, -0.2) is 13.7 Å². The van der Waals surface area contributed by atoms with Gasteiger partial charge in [0.15, 0.2) is 18.6 Å². The average molecular weight is 963 g/mol. The minimum Gasteiger partial charge on any atom is -0.822 e. The second kappa shape index (κ2) is 24.7. The van der Waals surface area contributed by atoms with Crippen LogP contribution in [-0.2, 0) is 25.7 Å². The quantitative estimate of drug-likeness (QED) is 0.105. The summed E-state index contributed by atoms with van der Waals surface area (Å²) in [5.41, 5.74) is 18.6. The van der Waals surface area contributed by atoms with E-state index < -0.39 is 7.82 Å². The molecule has 3 heterocycles. The highest BCUT2D eigenvalue weighted by Gasteiger charge is 2.25. The molecule has 6 aromatic carbocycles. The Kier molecular flexibility index (Phi) is 18.3. The first-order chi connectivity index (χ1) is 34.0. The Morgan fingerprint density at radius 2 is 0.479 bits per heavy atom. The molecule has 0 atom stereocenters. The molecule has 11 heteroatoms. The van der Waals surface area contributed by atoms with Crippen LogP contribution in [0.3, 0.4) is 0 Å². The van der Waals surface area contributed by atoms with E-state index in [2.05, 4.69) is 311 Å². The Labute approximate surface area is 420 Å². The molecule has 0 N–H and O–H groups in total. The van der Waals surface area contributed by atoms with Crippen molar-refractivity contribution in [3.63, 3.8) is 0 Å². The molecule has 362 valence electrons. The predicted molar refractivity (Wildman–Crippen MR) is 286 cm³/mol. The lowest BCUT2D eigenvalue weighted by Gasteiger charge is -2.36. The van der Waals surface area contributed by atoms with Crippen LogP contribution in [0.4, 0.5) is 17.1 Å². The Balaban J connectivity index is 0.000000166. The first-order valence-corrected chi connectivity index (χ1v) is 24.7. The highest BCUT2D eigenvalue weighted by atomic mass is 31.2. The van der Waals surface area contributed by atoms with Gasteiger partial charge >= 0.3 is 0 Å². The van der Waals surface area contributed by atoms with Crippen molar-refractivity contribution < 1.29 is 32.9 Å². The Bertz CT molecular complexity index is 2800. The molecule has 0 aliphatic rings. The topological polar surface area (TPSA) is 108 Å². The van der Waals surface area contributed by atoms with E-state index >= 15 is 0 Å². The molecule has 0 aliphatic heterocycles. The molecular weight excluding hydrogens is 900 g/mol. The molecule has 71 heavy (non-hydrogen) atoms. The highest BCUT2D eigenvalue weighted by molar-refractivity contribution is 7.40. The monoisotopic (exact) mass is 962 g/mol. The molecule has 9 rings (SSSR count). The minimum atomic E-state index is -5.39. The predicted octanol–water partition coefficient (Wildman–Crippen LogP) is 8.91. The summed E-state index contributed by atoms with van der Waals surface area (Å²) in [6, 6.07) is 70.0. The number of hydrogen-bond acceptors (Lipinski definition) is 7. The maximum absolute atomic E-state index is 8.55. The van der Waals surface area contributed by atoms with Crippen LogP contribution in [0, 0.1) is 0 Å². The first-order valence-electron chi connectivity index (χ1n) is 23.2. The number of phosphoric acid groups is 1. The van der Waals surface area contributed by atoms with Crippen LogP contribution in [0.15, 0.2) is 219 Å². The number of pyridine rings is 3. The maximum atomic E-state index is 8.55. The van der Waals surface area contributed by atoms with Gasteiger partial charge in [-0.3, -0.25) is 0 Å². The van der Waals surface area contributed by atoms with E-state index in [0.29, 0.717) is 0 Å². The van der Waals surface area contributed by atoms with Crippen molar-refractivity contribution in [2.45, 2.75) is 0 Å². The smallest absolute Gasteiger partial charge is 0.222 e. The lowest BCUT2D eigenvalue weighted by atomic mass is 9.97. The maximum Gasteiger partial charge on any atom is 0.222 e. The Hall–Kier alpha value is -7.72. The molecule has 0 saturated carbocycles. The molecule has 0 fully saturated rings. The zero-order valence-electron chi connectivity index (χ0n) is 42.0. The van der Waals surface area contributed by atoms with Gasteiger partial charge < -0.3 is 33.9 Å². The summed E-state index contributed by atoms with van der Waals surface area (Å²) in [5.74, 6) is 0. The van der Waals surface area contributed by atoms with E-state index in [1.54, 1.807) is 0 Å². The number of rotatable bonds is 9. The number of hydrogen-bond donors (Lipinski definition) is 0. The Morgan fingerprint density at radius 3 is 0.648 bits per heavy atom. The van der Waals surface area contributed by atoms with Crippen molar-refractivity contribution >= 4 is 24.9 Å². The third kappa shape index (κ3) is 14.0. The fourth-order valence-corrected chi connectivity index (χ4v) is 8.53. The van der Waals surface area contributed by atoms with Gasteiger partial charge in [-0.2, -0.15) is 7.82 Å². The summed E-state index contributed by atoms with van der Waals surface area (Å²) >= 11 is 0. The molecule has 3 aromatic heterocycles. The molecule has 9 aromatic rings. The second-order valence-corrected chi connectivity index (χ2v) is 18.3. The molecule has 0 radical (unpaired) electrons. The minimum absolute atomic E-state index is 1.23. The third-order valence-corrected chi connectivity index (χ3v) is 11.7. The van der Waals surface area contributed by atoms with Gasteiger partial charge in [-0.05, 0) is 53.1 Å². The van der Waals surface area contributed by atoms with Crippen molar-refractivity contribution in [2.75, 3.05) is 57.0 Å². The molecular formula is C60H63N6O4P. The number of anilines is 3. The zero-order valence-corrected chi connectivity index (χ0v) is 42.9. The molecule has 0 bridgehead atoms. The molecule has 0 amide bonds. The van der Waals surface area contributed by atoms with Crippen LogP contribution >= 0.6 is 7.82 Å². The van der Waals surface area contributed by atoms with Crippen molar-refractivity contribution in [3.8, 4) is 67.2 Å². The summed E-state index contributed by atoms with van der Waals surface area (Å²) < 4.78 is 15.1. The van der Waals surface area contributed by atoms with E-state index in [-0.39, 0.29) is 0 Å². The summed E-state index contributed by atoms with van der Waals surface area (Å²) in [6.45, 7) is 0. The van der Waals surface area contributed by atoms with Gasteiger partial charge in [0, 0.05) is 77.2 Å². The summed E-state index contributed by atoms with van der Waals surface area (Å²) in [5, 5.41) is 0. The highest BCUT2D eigenvalue weighted by Crippen LogP contribution is 2.39. The lowest BCUT2D eigenvalue weighted by molar-refractivity contribution is -0.660. The van der Waals surface area contributed by atoms with Crippen molar-refractivity contribution in [1.82, 2.24) is 0 Å². The third-order valence-electron chi connectivity index (χ3n) is 11.7. The number of aromatic nitrogens is 3. The molecule has 0 unspecified atom stereocenters. The van der Waals surface area contributed by atoms with Gasteiger partial charge in [0.25, 0.3) is 0 Å². The van der Waals surface area contributed by atoms with Crippen LogP contribution in [0.2, 0.25) is 0 Å². The van der Waals surface area contributed by atoms with Gasteiger partial charge in [0.05, 0.1) is 33.8 Å². The van der Waals surface area contributed by atoms with Gasteiger partial charge in [0.2, 0.25) is 17.1 Å². The van der Waals surface area contributed by atoms with Crippen LogP contribution < -0.4 is 43.1 Å². The van der Waals surface area contributed by atoms with E-state index in [9.17, 15) is 0 Å². The van der Waals surface area contributed by atoms with Gasteiger partial charge in [-0.15, -0.1) is 0 Å². The molecule has 0 saturated heterocycles. The summed E-state index contributed by atoms with van der Waals surface area (Å²) in [7, 11) is 13.5. The van der Waals surface area contributed by atoms with Crippen LogP contribution in [0.1, 0.15) is 0 Å². The van der Waals surface area contributed by atoms with Crippen LogP contribution in [-0.4, -0.2) is 42.3 Å². The van der Waals surface area contributed by atoms with Crippen LogP contribution in [0.5, 0.6) is 0 Å². The van der Waals surface area contributed by atoms with Crippen molar-refractivity contribution in [3.05, 3.63) is 219 Å².